The first-order valence-corrected chi connectivity index (χ1v) is 9.10. The number of alkyl halides is 3. The maximum atomic E-state index is 14.3. The van der Waals surface area contributed by atoms with Gasteiger partial charge in [0.25, 0.3) is 10.0 Å². The van der Waals surface area contributed by atoms with E-state index in [1.54, 1.807) is 6.07 Å². The zero-order valence-corrected chi connectivity index (χ0v) is 14.9. The number of halogens is 4. The van der Waals surface area contributed by atoms with E-state index in [1.807, 2.05) is 4.72 Å². The molecule has 0 unspecified atom stereocenters. The highest BCUT2D eigenvalue weighted by Crippen LogP contribution is 2.38. The van der Waals surface area contributed by atoms with Crippen LogP contribution in [0.15, 0.2) is 57.8 Å². The number of hydrogen-bond donors (Lipinski definition) is 1. The van der Waals surface area contributed by atoms with Crippen molar-refractivity contribution >= 4 is 15.8 Å². The fourth-order valence-corrected chi connectivity index (χ4v) is 3.31. The average molecular weight is 416 g/mol. The Labute approximate surface area is 156 Å². The Morgan fingerprint density at radius 2 is 1.79 bits per heavy atom. The fraction of sp³-hybridized carbons (Fsp3) is 0.118. The lowest BCUT2D eigenvalue weighted by atomic mass is 10.1. The van der Waals surface area contributed by atoms with E-state index in [0.29, 0.717) is 0 Å². The first kappa shape index (κ1) is 19.7. The minimum Gasteiger partial charge on any atom is -0.497 e. The molecule has 0 saturated carbocycles. The first-order valence-electron chi connectivity index (χ1n) is 7.61. The van der Waals surface area contributed by atoms with Crippen molar-refractivity contribution in [2.75, 3.05) is 11.8 Å². The number of oxazole rings is 1. The molecule has 1 N–H and O–H groups in total. The molecule has 0 amide bonds. The van der Waals surface area contributed by atoms with Crippen LogP contribution in [0, 0.1) is 5.82 Å². The van der Waals surface area contributed by atoms with Crippen LogP contribution in [-0.4, -0.2) is 20.5 Å². The van der Waals surface area contributed by atoms with Crippen molar-refractivity contribution in [3.05, 3.63) is 60.2 Å². The van der Waals surface area contributed by atoms with Gasteiger partial charge in [0.1, 0.15) is 11.6 Å². The van der Waals surface area contributed by atoms with E-state index in [1.165, 1.54) is 37.4 Å². The lowest BCUT2D eigenvalue weighted by molar-refractivity contribution is -0.156. The second-order valence-corrected chi connectivity index (χ2v) is 7.14. The van der Waals surface area contributed by atoms with E-state index < -0.39 is 45.0 Å². The number of benzene rings is 2. The van der Waals surface area contributed by atoms with Gasteiger partial charge >= 0.3 is 12.1 Å². The quantitative estimate of drug-likeness (QED) is 0.627. The van der Waals surface area contributed by atoms with E-state index in [9.17, 15) is 26.0 Å². The SMILES string of the molecule is COc1ccc(-c2oc(C(F)(F)F)nc2NS(=O)(=O)c2ccccc2)c(F)c1. The van der Waals surface area contributed by atoms with Crippen LogP contribution in [-0.2, 0) is 16.2 Å². The minimum atomic E-state index is -5.01. The zero-order valence-electron chi connectivity index (χ0n) is 14.1. The molecule has 3 aromatic rings. The van der Waals surface area contributed by atoms with Crippen molar-refractivity contribution in [3.63, 3.8) is 0 Å². The summed E-state index contributed by atoms with van der Waals surface area (Å²) in [6.45, 7) is 0. The molecule has 0 radical (unpaired) electrons. The van der Waals surface area contributed by atoms with Crippen molar-refractivity contribution in [3.8, 4) is 17.1 Å². The summed E-state index contributed by atoms with van der Waals surface area (Å²) in [6, 6.07) is 10.2. The van der Waals surface area contributed by atoms with Crippen LogP contribution >= 0.6 is 0 Å². The molecule has 148 valence electrons. The molecule has 0 aliphatic heterocycles. The van der Waals surface area contributed by atoms with Crippen LogP contribution in [0.4, 0.5) is 23.4 Å². The molecule has 3 rings (SSSR count). The van der Waals surface area contributed by atoms with E-state index >= 15 is 0 Å². The summed E-state index contributed by atoms with van der Waals surface area (Å²) in [4.78, 5) is 2.96. The van der Waals surface area contributed by atoms with Crippen LogP contribution in [0.5, 0.6) is 5.75 Å². The molecule has 0 bridgehead atoms. The summed E-state index contributed by atoms with van der Waals surface area (Å²) < 4.78 is 89.7. The molecular weight excluding hydrogens is 404 g/mol. The highest BCUT2D eigenvalue weighted by molar-refractivity contribution is 7.92. The van der Waals surface area contributed by atoms with Crippen LogP contribution in [0.1, 0.15) is 5.89 Å². The van der Waals surface area contributed by atoms with Gasteiger partial charge in [-0.3, -0.25) is 4.72 Å². The monoisotopic (exact) mass is 416 g/mol. The van der Waals surface area contributed by atoms with Gasteiger partial charge in [0, 0.05) is 6.07 Å². The Hall–Kier alpha value is -3.08. The van der Waals surface area contributed by atoms with E-state index in [-0.39, 0.29) is 10.6 Å². The van der Waals surface area contributed by atoms with Gasteiger partial charge in [-0.25, -0.2) is 12.8 Å². The molecule has 0 aliphatic carbocycles. The van der Waals surface area contributed by atoms with Gasteiger partial charge in [-0.1, -0.05) is 18.2 Å². The van der Waals surface area contributed by atoms with Crippen LogP contribution < -0.4 is 9.46 Å². The number of rotatable bonds is 5. The molecule has 11 heteroatoms. The summed E-state index contributed by atoms with van der Waals surface area (Å²) in [5.74, 6) is -4.09. The normalized spacial score (nSPS) is 12.0. The second kappa shape index (κ2) is 7.15. The Bertz CT molecular complexity index is 1100. The molecule has 1 aromatic heterocycles. The molecule has 1 heterocycles. The third-order valence-electron chi connectivity index (χ3n) is 3.58. The third-order valence-corrected chi connectivity index (χ3v) is 4.93. The maximum absolute atomic E-state index is 14.3. The molecule has 0 saturated heterocycles. The topological polar surface area (TPSA) is 81.4 Å². The van der Waals surface area contributed by atoms with Crippen molar-refractivity contribution in [2.24, 2.45) is 0 Å². The minimum absolute atomic E-state index is 0.114. The first-order chi connectivity index (χ1) is 13.1. The highest BCUT2D eigenvalue weighted by Gasteiger charge is 2.39. The van der Waals surface area contributed by atoms with Crippen LogP contribution in [0.25, 0.3) is 11.3 Å². The van der Waals surface area contributed by atoms with E-state index in [2.05, 4.69) is 9.40 Å². The number of hydrogen-bond acceptors (Lipinski definition) is 5. The van der Waals surface area contributed by atoms with Gasteiger partial charge in [-0.2, -0.15) is 18.2 Å². The van der Waals surface area contributed by atoms with Gasteiger partial charge in [0.2, 0.25) is 0 Å². The fourth-order valence-electron chi connectivity index (χ4n) is 2.29. The Morgan fingerprint density at radius 1 is 1.11 bits per heavy atom. The molecule has 28 heavy (non-hydrogen) atoms. The predicted molar refractivity (Wildman–Crippen MR) is 90.7 cm³/mol. The summed E-state index contributed by atoms with van der Waals surface area (Å²) in [5, 5.41) is 0. The molecular formula is C17H12F4N2O4S. The maximum Gasteiger partial charge on any atom is 0.469 e. The smallest absolute Gasteiger partial charge is 0.469 e. The number of nitrogens with one attached hydrogen (secondary N) is 1. The summed E-state index contributed by atoms with van der Waals surface area (Å²) in [6.07, 6.45) is -5.01. The number of aromatic nitrogens is 1. The van der Waals surface area contributed by atoms with E-state index in [4.69, 9.17) is 4.74 Å². The van der Waals surface area contributed by atoms with Gasteiger partial charge < -0.3 is 9.15 Å². The van der Waals surface area contributed by atoms with Crippen molar-refractivity contribution in [1.29, 1.82) is 0 Å². The zero-order chi connectivity index (χ0) is 20.5. The molecule has 0 fully saturated rings. The van der Waals surface area contributed by atoms with Crippen LogP contribution in [0.2, 0.25) is 0 Å². The highest BCUT2D eigenvalue weighted by atomic mass is 32.2. The lowest BCUT2D eigenvalue weighted by Gasteiger charge is -2.08. The van der Waals surface area contributed by atoms with Gasteiger partial charge in [-0.05, 0) is 24.3 Å². The number of methoxy groups -OCH3 is 1. The number of nitrogens with zero attached hydrogens (tertiary/aromatic N) is 1. The second-order valence-electron chi connectivity index (χ2n) is 5.46. The van der Waals surface area contributed by atoms with Gasteiger partial charge in [-0.15, -0.1) is 0 Å². The third kappa shape index (κ3) is 3.93. The standard InChI is InChI=1S/C17H12F4N2O4S/c1-26-10-7-8-12(13(18)9-10)14-15(22-16(27-14)17(19,20)21)23-28(24,25)11-5-3-2-4-6-11/h2-9,23H,1H3. The summed E-state index contributed by atoms with van der Waals surface area (Å²) >= 11 is 0. The predicted octanol–water partition coefficient (Wildman–Crippen LogP) is 4.31. The molecule has 0 spiro atoms. The molecule has 0 atom stereocenters. The van der Waals surface area contributed by atoms with Crippen molar-refractivity contribution < 1.29 is 35.1 Å². The number of anilines is 1. The van der Waals surface area contributed by atoms with Crippen LogP contribution in [0.3, 0.4) is 0 Å². The van der Waals surface area contributed by atoms with Crippen molar-refractivity contribution in [1.82, 2.24) is 4.98 Å². The molecule has 2 aromatic carbocycles. The average Bonchev–Trinajstić information content (AvgIpc) is 3.05. The summed E-state index contributed by atoms with van der Waals surface area (Å²) in [7, 11) is -3.01. The number of ether oxygens (including phenoxy) is 1. The molecule has 0 aliphatic rings. The largest absolute Gasteiger partial charge is 0.497 e. The van der Waals surface area contributed by atoms with E-state index in [0.717, 1.165) is 12.1 Å². The number of sulfonamides is 1. The Kier molecular flexibility index (Phi) is 5.02. The van der Waals surface area contributed by atoms with Gasteiger partial charge in [0.15, 0.2) is 11.6 Å². The lowest BCUT2D eigenvalue weighted by Crippen LogP contribution is -2.14. The van der Waals surface area contributed by atoms with Gasteiger partial charge in [0.05, 0.1) is 17.6 Å². The Morgan fingerprint density at radius 3 is 2.36 bits per heavy atom. The van der Waals surface area contributed by atoms with Crippen molar-refractivity contribution in [2.45, 2.75) is 11.1 Å². The summed E-state index contributed by atoms with van der Waals surface area (Å²) in [5.41, 5.74) is -0.422. The Balaban J connectivity index is 2.12. The molecule has 6 nitrogen and oxygen atoms in total.